The van der Waals surface area contributed by atoms with Gasteiger partial charge in [-0.25, -0.2) is 4.57 Å². The molecule has 0 amide bonds. The second-order valence-electron chi connectivity index (χ2n) is 8.12. The van der Waals surface area contributed by atoms with E-state index in [1.165, 1.54) is 13.8 Å². The van der Waals surface area contributed by atoms with Crippen LogP contribution < -0.4 is 0 Å². The first-order valence-corrected chi connectivity index (χ1v) is 12.9. The molecule has 2 aromatic carbocycles. The quantitative estimate of drug-likeness (QED) is 0.130. The Bertz CT molecular complexity index is 1100. The largest absolute Gasteiger partial charge is 0.477 e. The third kappa shape index (κ3) is 8.40. The Morgan fingerprint density at radius 1 is 0.919 bits per heavy atom. The summed E-state index contributed by atoms with van der Waals surface area (Å²) < 4.78 is 47.1. The number of azide groups is 1. The summed E-state index contributed by atoms with van der Waals surface area (Å²) in [7, 11) is -4.37. The first kappa shape index (κ1) is 28.3. The molecule has 1 aliphatic heterocycles. The first-order chi connectivity index (χ1) is 17.7. The van der Waals surface area contributed by atoms with Crippen molar-refractivity contribution in [1.29, 1.82) is 0 Å². The minimum absolute atomic E-state index is 0.120. The number of hydrogen-bond acceptors (Lipinski definition) is 10. The van der Waals surface area contributed by atoms with E-state index in [0.29, 0.717) is 11.1 Å². The van der Waals surface area contributed by atoms with Gasteiger partial charge < -0.3 is 14.2 Å². The topological polar surface area (TPSA) is 155 Å². The molecule has 2 aromatic rings. The highest BCUT2D eigenvalue weighted by molar-refractivity contribution is 7.48. The van der Waals surface area contributed by atoms with Gasteiger partial charge in [-0.05, 0) is 23.6 Å². The van der Waals surface area contributed by atoms with Gasteiger partial charge in [-0.3, -0.25) is 23.2 Å². The van der Waals surface area contributed by atoms with Gasteiger partial charge in [-0.15, -0.1) is 0 Å². The number of benzene rings is 2. The van der Waals surface area contributed by atoms with Crippen LogP contribution in [0.1, 0.15) is 31.9 Å². The van der Waals surface area contributed by atoms with Crippen molar-refractivity contribution in [3.8, 4) is 0 Å². The van der Waals surface area contributed by atoms with E-state index >= 15 is 0 Å². The summed E-state index contributed by atoms with van der Waals surface area (Å²) in [6.45, 7) is 3.61. The molecule has 0 aromatic heterocycles. The number of carbonyl (C=O) groups excluding carboxylic acids is 2. The van der Waals surface area contributed by atoms with Crippen molar-refractivity contribution in [3.05, 3.63) is 82.2 Å². The Labute approximate surface area is 214 Å². The maximum atomic E-state index is 13.8. The monoisotopic (exact) mass is 533 g/mol. The van der Waals surface area contributed by atoms with Gasteiger partial charge in [-0.1, -0.05) is 65.8 Å². The van der Waals surface area contributed by atoms with Crippen LogP contribution >= 0.6 is 7.82 Å². The van der Waals surface area contributed by atoms with Gasteiger partial charge in [0, 0.05) is 18.8 Å². The molecule has 0 saturated carbocycles. The standard InChI is InChI=1S/C24H28N3O9P/c1-16-22(34-17(2)28)23(35-18(3)29)21(26-27-25)24(33-16)36-37(30,31-14-19-10-6-4-7-11-19)32-15-20-12-8-5-9-13-20/h4-13,16,21-24H,14-15H2,1-3H3/t16-,21-,22+,23-,24-/m0/s1. The van der Waals surface area contributed by atoms with E-state index < -0.39 is 50.4 Å². The van der Waals surface area contributed by atoms with Crippen LogP contribution in [0.25, 0.3) is 10.4 Å². The first-order valence-electron chi connectivity index (χ1n) is 11.4. The average molecular weight is 533 g/mol. The second-order valence-corrected chi connectivity index (χ2v) is 9.75. The lowest BCUT2D eigenvalue weighted by atomic mass is 9.97. The highest BCUT2D eigenvalue weighted by atomic mass is 31.2. The van der Waals surface area contributed by atoms with Crippen molar-refractivity contribution in [2.24, 2.45) is 5.11 Å². The van der Waals surface area contributed by atoms with E-state index in [-0.39, 0.29) is 13.2 Å². The zero-order valence-corrected chi connectivity index (χ0v) is 21.4. The van der Waals surface area contributed by atoms with Crippen LogP contribution in [0.5, 0.6) is 0 Å². The Morgan fingerprint density at radius 2 is 1.41 bits per heavy atom. The molecule has 0 N–H and O–H groups in total. The molecule has 1 fully saturated rings. The molecule has 37 heavy (non-hydrogen) atoms. The lowest BCUT2D eigenvalue weighted by Gasteiger charge is -2.42. The molecule has 1 aliphatic rings. The number of nitrogens with zero attached hydrogens (tertiary/aromatic N) is 3. The van der Waals surface area contributed by atoms with E-state index in [4.69, 9.17) is 27.8 Å². The Kier molecular flexibility index (Phi) is 10.2. The molecular weight excluding hydrogens is 505 g/mol. The number of phosphoric ester groups is 1. The minimum Gasteiger partial charge on any atom is -0.458 e. The summed E-state index contributed by atoms with van der Waals surface area (Å²) in [5, 5.41) is 3.64. The highest BCUT2D eigenvalue weighted by Crippen LogP contribution is 2.53. The normalized spacial score (nSPS) is 23.5. The number of ether oxygens (including phenoxy) is 3. The molecule has 12 nitrogen and oxygen atoms in total. The smallest absolute Gasteiger partial charge is 0.458 e. The molecule has 13 heteroatoms. The van der Waals surface area contributed by atoms with E-state index in [9.17, 15) is 19.7 Å². The van der Waals surface area contributed by atoms with E-state index in [0.717, 1.165) is 6.92 Å². The fraction of sp³-hybridized carbons (Fsp3) is 0.417. The lowest BCUT2D eigenvalue weighted by Crippen LogP contribution is -2.59. The number of hydrogen-bond donors (Lipinski definition) is 0. The van der Waals surface area contributed by atoms with Crippen molar-refractivity contribution >= 4 is 19.8 Å². The van der Waals surface area contributed by atoms with Crippen LogP contribution in [0.3, 0.4) is 0 Å². The molecular formula is C24H28N3O9P. The molecule has 0 radical (unpaired) electrons. The summed E-state index contributed by atoms with van der Waals surface area (Å²) in [6, 6.07) is 16.5. The molecule has 1 saturated heterocycles. The van der Waals surface area contributed by atoms with Crippen molar-refractivity contribution in [3.63, 3.8) is 0 Å². The van der Waals surface area contributed by atoms with Crippen LogP contribution in [0, 0.1) is 0 Å². The summed E-state index contributed by atoms with van der Waals surface area (Å²) in [4.78, 5) is 26.3. The number of rotatable bonds is 11. The summed E-state index contributed by atoms with van der Waals surface area (Å²) in [5.41, 5.74) is 10.6. The maximum absolute atomic E-state index is 13.8. The van der Waals surface area contributed by atoms with Crippen LogP contribution in [-0.4, -0.2) is 42.6 Å². The van der Waals surface area contributed by atoms with Gasteiger partial charge in [-0.2, -0.15) is 0 Å². The van der Waals surface area contributed by atoms with Gasteiger partial charge in [0.15, 0.2) is 18.5 Å². The molecule has 3 rings (SSSR count). The molecule has 5 atom stereocenters. The molecule has 0 aliphatic carbocycles. The highest BCUT2D eigenvalue weighted by Gasteiger charge is 2.51. The molecule has 1 heterocycles. The predicted octanol–water partition coefficient (Wildman–Crippen LogP) is 4.83. The van der Waals surface area contributed by atoms with Crippen molar-refractivity contribution in [2.75, 3.05) is 0 Å². The van der Waals surface area contributed by atoms with Gasteiger partial charge >= 0.3 is 19.8 Å². The SMILES string of the molecule is CC(=O)O[C@H]1[C@H](N=[N+]=[N-])[C@H](OP(=O)(OCc2ccccc2)OCc2ccccc2)O[C@@H](C)[C@H]1OC(C)=O. The summed E-state index contributed by atoms with van der Waals surface area (Å²) in [6.07, 6.45) is -4.84. The van der Waals surface area contributed by atoms with E-state index in [1.54, 1.807) is 48.5 Å². The predicted molar refractivity (Wildman–Crippen MR) is 130 cm³/mol. The van der Waals surface area contributed by atoms with Gasteiger partial charge in [0.25, 0.3) is 0 Å². The minimum atomic E-state index is -4.37. The Balaban J connectivity index is 1.89. The maximum Gasteiger partial charge on any atom is 0.477 e. The van der Waals surface area contributed by atoms with Crippen LogP contribution in [0.15, 0.2) is 65.8 Å². The van der Waals surface area contributed by atoms with E-state index in [2.05, 4.69) is 10.0 Å². The van der Waals surface area contributed by atoms with Crippen molar-refractivity contribution < 1.29 is 41.9 Å². The van der Waals surface area contributed by atoms with Gasteiger partial charge in [0.1, 0.15) is 6.04 Å². The summed E-state index contributed by atoms with van der Waals surface area (Å²) in [5.74, 6) is -1.39. The molecule has 0 unspecified atom stereocenters. The van der Waals surface area contributed by atoms with Crippen LogP contribution in [0.4, 0.5) is 0 Å². The Hall–Kier alpha value is -3.24. The lowest BCUT2D eigenvalue weighted by molar-refractivity contribution is -0.245. The third-order valence-corrected chi connectivity index (χ3v) is 6.59. The van der Waals surface area contributed by atoms with Crippen LogP contribution in [-0.2, 0) is 55.1 Å². The second kappa shape index (κ2) is 13.3. The number of phosphoric acid groups is 1. The zero-order chi connectivity index (χ0) is 26.8. The summed E-state index contributed by atoms with van der Waals surface area (Å²) >= 11 is 0. The van der Waals surface area contributed by atoms with Gasteiger partial charge in [0.05, 0.1) is 19.3 Å². The number of esters is 2. The Morgan fingerprint density at radius 3 is 1.86 bits per heavy atom. The molecule has 198 valence electrons. The average Bonchev–Trinajstić information content (AvgIpc) is 2.87. The van der Waals surface area contributed by atoms with Gasteiger partial charge in [0.2, 0.25) is 0 Å². The fourth-order valence-electron chi connectivity index (χ4n) is 3.62. The number of carbonyl (C=O) groups is 2. The van der Waals surface area contributed by atoms with Crippen molar-refractivity contribution in [2.45, 2.75) is 64.6 Å². The van der Waals surface area contributed by atoms with Crippen LogP contribution in [0.2, 0.25) is 0 Å². The zero-order valence-electron chi connectivity index (χ0n) is 20.5. The molecule has 0 bridgehead atoms. The third-order valence-electron chi connectivity index (χ3n) is 5.24. The van der Waals surface area contributed by atoms with Crippen molar-refractivity contribution in [1.82, 2.24) is 0 Å². The molecule has 0 spiro atoms. The fourth-order valence-corrected chi connectivity index (χ4v) is 4.86. The van der Waals surface area contributed by atoms with E-state index in [1.807, 2.05) is 12.1 Å².